The van der Waals surface area contributed by atoms with Gasteiger partial charge < -0.3 is 0 Å². The van der Waals surface area contributed by atoms with Crippen LogP contribution in [0.5, 0.6) is 0 Å². The first kappa shape index (κ1) is 16.4. The summed E-state index contributed by atoms with van der Waals surface area (Å²) in [6.45, 7) is 2.09. The molecule has 4 heterocycles. The minimum Gasteiger partial charge on any atom is -0.297 e. The van der Waals surface area contributed by atoms with Crippen molar-refractivity contribution in [1.29, 1.82) is 0 Å². The van der Waals surface area contributed by atoms with E-state index in [1.165, 1.54) is 0 Å². The van der Waals surface area contributed by atoms with Crippen LogP contribution in [0.4, 0.5) is 4.39 Å². The van der Waals surface area contributed by atoms with Crippen LogP contribution in [-0.2, 0) is 7.05 Å². The highest BCUT2D eigenvalue weighted by molar-refractivity contribution is 9.07. The zero-order valence-electron chi connectivity index (χ0n) is 14.2. The topological polar surface area (TPSA) is 38.4 Å². The molecular formula is C18H17BrFN5S. The Hall–Kier alpha value is -1.77. The predicted molar refractivity (Wildman–Crippen MR) is 105 cm³/mol. The first-order valence-electron chi connectivity index (χ1n) is 8.59. The molecule has 26 heavy (non-hydrogen) atoms. The molecule has 0 radical (unpaired) electrons. The lowest BCUT2D eigenvalue weighted by atomic mass is 9.95. The average Bonchev–Trinajstić information content (AvgIpc) is 3.27. The van der Waals surface area contributed by atoms with Crippen LogP contribution in [0.15, 0.2) is 30.7 Å². The van der Waals surface area contributed by atoms with E-state index in [9.17, 15) is 4.39 Å². The Morgan fingerprint density at radius 3 is 2.77 bits per heavy atom. The van der Waals surface area contributed by atoms with E-state index in [-0.39, 0.29) is 5.82 Å². The summed E-state index contributed by atoms with van der Waals surface area (Å²) in [6, 6.07) is 3.55. The summed E-state index contributed by atoms with van der Waals surface area (Å²) in [5, 5.41) is 4.99. The van der Waals surface area contributed by atoms with Crippen molar-refractivity contribution >= 4 is 43.3 Å². The van der Waals surface area contributed by atoms with Gasteiger partial charge in [-0.2, -0.15) is 5.10 Å². The smallest absolute Gasteiger partial charge is 0.194 e. The van der Waals surface area contributed by atoms with E-state index in [1.807, 2.05) is 18.5 Å². The molecule has 0 N–H and O–H groups in total. The van der Waals surface area contributed by atoms with Gasteiger partial charge in [0.15, 0.2) is 10.8 Å². The van der Waals surface area contributed by atoms with Gasteiger partial charge >= 0.3 is 0 Å². The Morgan fingerprint density at radius 1 is 1.19 bits per heavy atom. The van der Waals surface area contributed by atoms with E-state index < -0.39 is 0 Å². The average molecular weight is 434 g/mol. The van der Waals surface area contributed by atoms with Crippen LogP contribution in [0.3, 0.4) is 0 Å². The summed E-state index contributed by atoms with van der Waals surface area (Å²) in [4.78, 5) is 6.81. The van der Waals surface area contributed by atoms with Gasteiger partial charge in [-0.1, -0.05) is 11.3 Å². The molecule has 0 unspecified atom stereocenters. The maximum atomic E-state index is 14.4. The fourth-order valence-electron chi connectivity index (χ4n) is 3.64. The molecule has 3 aromatic heterocycles. The Balaban J connectivity index is 1.49. The van der Waals surface area contributed by atoms with Gasteiger partial charge in [0, 0.05) is 66.2 Å². The standard InChI is InChI=1S/C18H17BrFN5S/c1-23-8-13-6-12(7-14(20)17(13)22-23)16-10-24-9-15(21-18(24)26-16)11-2-4-25(19)5-3-11/h6-11H,2-5H2,1H3. The van der Waals surface area contributed by atoms with Gasteiger partial charge in [-0.3, -0.25) is 9.08 Å². The van der Waals surface area contributed by atoms with Crippen LogP contribution in [0.25, 0.3) is 26.3 Å². The van der Waals surface area contributed by atoms with Gasteiger partial charge in [-0.15, -0.1) is 0 Å². The molecule has 0 bridgehead atoms. The van der Waals surface area contributed by atoms with Crippen molar-refractivity contribution in [2.45, 2.75) is 18.8 Å². The third kappa shape index (κ3) is 2.76. The molecule has 0 atom stereocenters. The van der Waals surface area contributed by atoms with Crippen molar-refractivity contribution in [3.8, 4) is 10.4 Å². The number of aryl methyl sites for hydroxylation is 1. The van der Waals surface area contributed by atoms with E-state index in [2.05, 4.69) is 35.8 Å². The maximum absolute atomic E-state index is 14.4. The Kier molecular flexibility index (Phi) is 3.88. The van der Waals surface area contributed by atoms with Gasteiger partial charge in [-0.25, -0.2) is 13.3 Å². The quantitative estimate of drug-likeness (QED) is 0.434. The molecule has 134 valence electrons. The van der Waals surface area contributed by atoms with Crippen LogP contribution < -0.4 is 0 Å². The van der Waals surface area contributed by atoms with Crippen molar-refractivity contribution in [1.82, 2.24) is 23.1 Å². The summed E-state index contributed by atoms with van der Waals surface area (Å²) in [6.07, 6.45) is 8.25. The number of rotatable bonds is 2. The number of piperidine rings is 1. The van der Waals surface area contributed by atoms with Crippen molar-refractivity contribution in [3.05, 3.63) is 42.2 Å². The van der Waals surface area contributed by atoms with E-state index >= 15 is 0 Å². The molecule has 5 rings (SSSR count). The van der Waals surface area contributed by atoms with E-state index in [1.54, 1.807) is 29.1 Å². The second-order valence-corrected chi connectivity index (χ2v) is 8.85. The van der Waals surface area contributed by atoms with Crippen LogP contribution in [0, 0.1) is 5.82 Å². The normalized spacial score (nSPS) is 16.9. The van der Waals surface area contributed by atoms with Gasteiger partial charge in [0.25, 0.3) is 0 Å². The molecule has 1 fully saturated rings. The summed E-state index contributed by atoms with van der Waals surface area (Å²) in [5.74, 6) is 0.231. The molecule has 5 nitrogen and oxygen atoms in total. The number of fused-ring (bicyclic) bond motifs is 2. The highest BCUT2D eigenvalue weighted by atomic mass is 79.9. The Labute approximate surface area is 162 Å². The zero-order chi connectivity index (χ0) is 17.8. The molecular weight excluding hydrogens is 417 g/mol. The third-order valence-electron chi connectivity index (χ3n) is 4.99. The number of hydrogen-bond donors (Lipinski definition) is 0. The van der Waals surface area contributed by atoms with Gasteiger partial charge in [0.05, 0.1) is 10.6 Å². The molecule has 1 aromatic carbocycles. The van der Waals surface area contributed by atoms with Gasteiger partial charge in [-0.05, 0) is 30.5 Å². The first-order valence-corrected chi connectivity index (χ1v) is 10.1. The van der Waals surface area contributed by atoms with Crippen LogP contribution in [-0.4, -0.2) is 36.2 Å². The molecule has 0 aliphatic carbocycles. The number of thiazole rings is 1. The number of halogens is 2. The summed E-state index contributed by atoms with van der Waals surface area (Å²) >= 11 is 5.15. The monoisotopic (exact) mass is 433 g/mol. The molecule has 0 amide bonds. The van der Waals surface area contributed by atoms with Crippen LogP contribution in [0.1, 0.15) is 24.5 Å². The summed E-state index contributed by atoms with van der Waals surface area (Å²) < 4.78 is 20.3. The molecule has 1 saturated heterocycles. The van der Waals surface area contributed by atoms with Crippen molar-refractivity contribution in [2.24, 2.45) is 7.05 Å². The highest BCUT2D eigenvalue weighted by Crippen LogP contribution is 2.34. The number of nitrogens with zero attached hydrogens (tertiary/aromatic N) is 5. The highest BCUT2D eigenvalue weighted by Gasteiger charge is 2.22. The van der Waals surface area contributed by atoms with E-state index in [0.29, 0.717) is 11.4 Å². The first-order chi connectivity index (χ1) is 12.6. The fourth-order valence-corrected chi connectivity index (χ4v) is 5.01. The minimum absolute atomic E-state index is 0.286. The van der Waals surface area contributed by atoms with Crippen molar-refractivity contribution < 1.29 is 4.39 Å². The minimum atomic E-state index is -0.286. The SMILES string of the molecule is Cn1cc2cc(-c3cn4cc(C5CCN(Br)CC5)nc4s3)cc(F)c2n1. The van der Waals surface area contributed by atoms with E-state index in [0.717, 1.165) is 52.4 Å². The van der Waals surface area contributed by atoms with Crippen LogP contribution in [0.2, 0.25) is 0 Å². The van der Waals surface area contributed by atoms with Gasteiger partial charge in [0.2, 0.25) is 0 Å². The summed E-state index contributed by atoms with van der Waals surface area (Å²) in [7, 11) is 1.81. The summed E-state index contributed by atoms with van der Waals surface area (Å²) in [5.41, 5.74) is 2.45. The van der Waals surface area contributed by atoms with Crippen LogP contribution >= 0.6 is 27.5 Å². The number of aromatic nitrogens is 4. The molecule has 1 aliphatic rings. The lowest BCUT2D eigenvalue weighted by Gasteiger charge is -2.25. The lowest BCUT2D eigenvalue weighted by Crippen LogP contribution is -2.24. The third-order valence-corrected chi connectivity index (χ3v) is 6.75. The Bertz CT molecular complexity index is 1070. The second-order valence-electron chi connectivity index (χ2n) is 6.83. The maximum Gasteiger partial charge on any atom is 0.194 e. The molecule has 0 saturated carbocycles. The number of benzene rings is 1. The molecule has 1 aliphatic heterocycles. The number of imidazole rings is 1. The fraction of sp³-hybridized carbons (Fsp3) is 0.333. The molecule has 0 spiro atoms. The van der Waals surface area contributed by atoms with Crippen molar-refractivity contribution in [2.75, 3.05) is 13.1 Å². The zero-order valence-corrected chi connectivity index (χ0v) is 16.6. The second kappa shape index (κ2) is 6.14. The van der Waals surface area contributed by atoms with E-state index in [4.69, 9.17) is 4.98 Å². The molecule has 4 aromatic rings. The lowest BCUT2D eigenvalue weighted by molar-refractivity contribution is 0.353. The largest absolute Gasteiger partial charge is 0.297 e. The molecule has 8 heteroatoms. The Morgan fingerprint density at radius 2 is 2.00 bits per heavy atom. The van der Waals surface area contributed by atoms with Gasteiger partial charge in [0.1, 0.15) is 5.52 Å². The predicted octanol–water partition coefficient (Wildman–Crippen LogP) is 4.58. The van der Waals surface area contributed by atoms with Crippen molar-refractivity contribution in [3.63, 3.8) is 0 Å². The number of hydrogen-bond acceptors (Lipinski definition) is 4.